The van der Waals surface area contributed by atoms with Crippen LogP contribution < -0.4 is 0 Å². The van der Waals surface area contributed by atoms with Gasteiger partial charge in [0, 0.05) is 25.2 Å². The summed E-state index contributed by atoms with van der Waals surface area (Å²) in [5, 5.41) is 42.2. The molecule has 1 fully saturated rings. The first-order valence-electron chi connectivity index (χ1n) is 13.9. The van der Waals surface area contributed by atoms with Gasteiger partial charge in [0.2, 0.25) is 0 Å². The molecule has 0 saturated carbocycles. The molecular formula is C30H48O9. The van der Waals surface area contributed by atoms with Crippen molar-refractivity contribution in [3.05, 3.63) is 36.0 Å². The Morgan fingerprint density at radius 3 is 2.62 bits per heavy atom. The van der Waals surface area contributed by atoms with Crippen molar-refractivity contribution in [3.63, 3.8) is 0 Å². The van der Waals surface area contributed by atoms with Crippen LogP contribution in [0.5, 0.6) is 0 Å². The van der Waals surface area contributed by atoms with Crippen molar-refractivity contribution in [2.45, 2.75) is 128 Å². The lowest BCUT2D eigenvalue weighted by atomic mass is 9.88. The summed E-state index contributed by atoms with van der Waals surface area (Å²) < 4.78 is 16.8. The number of rotatable bonds is 9. The summed E-state index contributed by atoms with van der Waals surface area (Å²) in [4.78, 5) is 24.3. The van der Waals surface area contributed by atoms with Crippen LogP contribution in [-0.4, -0.2) is 80.2 Å². The quantitative estimate of drug-likeness (QED) is 0.147. The fourth-order valence-corrected chi connectivity index (χ4v) is 4.98. The predicted molar refractivity (Wildman–Crippen MR) is 146 cm³/mol. The first-order valence-corrected chi connectivity index (χ1v) is 13.9. The summed E-state index contributed by atoms with van der Waals surface area (Å²) in [6, 6.07) is 0. The Morgan fingerprint density at radius 2 is 2.00 bits per heavy atom. The van der Waals surface area contributed by atoms with E-state index in [0.29, 0.717) is 18.4 Å². The Hall–Kier alpha value is -2.04. The zero-order valence-corrected chi connectivity index (χ0v) is 24.4. The monoisotopic (exact) mass is 552 g/mol. The van der Waals surface area contributed by atoms with Crippen LogP contribution >= 0.6 is 0 Å². The van der Waals surface area contributed by atoms with Crippen LogP contribution in [0.1, 0.15) is 80.6 Å². The number of esters is 2. The van der Waals surface area contributed by atoms with E-state index < -0.39 is 47.6 Å². The molecule has 0 bridgehead atoms. The summed E-state index contributed by atoms with van der Waals surface area (Å²) in [5.41, 5.74) is -1.87. The average molecular weight is 553 g/mol. The minimum Gasteiger partial charge on any atom is -0.457 e. The second kappa shape index (κ2) is 14.0. The SMILES string of the molecule is CC[C@H](O)[C@@H](C)[C@@H]1O[C@H]1C[C@@](C)(O)/C=C/C=C(\C)C1OC(=O)CC(O)CCC(C)(O)C(OC(C)=O)C=CC1C. The van der Waals surface area contributed by atoms with Gasteiger partial charge in [0.1, 0.15) is 17.8 Å². The summed E-state index contributed by atoms with van der Waals surface area (Å²) in [6.07, 6.45) is 6.23. The van der Waals surface area contributed by atoms with E-state index >= 15 is 0 Å². The molecule has 2 rings (SSSR count). The van der Waals surface area contributed by atoms with E-state index in [-0.39, 0.29) is 43.3 Å². The molecule has 0 aromatic rings. The molecular weight excluding hydrogens is 504 g/mol. The number of hydrogen-bond acceptors (Lipinski definition) is 9. The number of cyclic esters (lactones) is 1. The third-order valence-corrected chi connectivity index (χ3v) is 7.66. The van der Waals surface area contributed by atoms with E-state index in [1.54, 1.807) is 44.2 Å². The summed E-state index contributed by atoms with van der Waals surface area (Å²) in [7, 11) is 0. The number of allylic oxidation sites excluding steroid dienone is 2. The second-order valence-corrected chi connectivity index (χ2v) is 11.7. The largest absolute Gasteiger partial charge is 0.457 e. The number of aliphatic hydroxyl groups excluding tert-OH is 2. The van der Waals surface area contributed by atoms with Crippen LogP contribution in [0, 0.1) is 11.8 Å². The van der Waals surface area contributed by atoms with Crippen LogP contribution in [0.25, 0.3) is 0 Å². The highest BCUT2D eigenvalue weighted by molar-refractivity contribution is 5.70. The normalized spacial score (nSPS) is 35.8. The number of ether oxygens (including phenoxy) is 3. The van der Waals surface area contributed by atoms with Gasteiger partial charge in [0.05, 0.1) is 36.4 Å². The molecule has 5 unspecified atom stereocenters. The van der Waals surface area contributed by atoms with Gasteiger partial charge in [-0.15, -0.1) is 0 Å². The highest BCUT2D eigenvalue weighted by atomic mass is 16.6. The first-order chi connectivity index (χ1) is 18.1. The Morgan fingerprint density at radius 1 is 1.33 bits per heavy atom. The van der Waals surface area contributed by atoms with Gasteiger partial charge in [-0.3, -0.25) is 9.59 Å². The van der Waals surface area contributed by atoms with Gasteiger partial charge in [0.15, 0.2) is 0 Å². The van der Waals surface area contributed by atoms with Crippen molar-refractivity contribution in [2.24, 2.45) is 11.8 Å². The highest BCUT2D eigenvalue weighted by Crippen LogP contribution is 2.37. The zero-order chi connectivity index (χ0) is 29.5. The molecule has 0 aliphatic carbocycles. The van der Waals surface area contributed by atoms with Crippen LogP contribution in [0.4, 0.5) is 0 Å². The molecule has 1 saturated heterocycles. The molecule has 4 N–H and O–H groups in total. The third kappa shape index (κ3) is 10.5. The van der Waals surface area contributed by atoms with E-state index in [0.717, 1.165) is 0 Å². The maximum absolute atomic E-state index is 12.6. The number of aliphatic hydroxyl groups is 4. The summed E-state index contributed by atoms with van der Waals surface area (Å²) >= 11 is 0. The van der Waals surface area contributed by atoms with Gasteiger partial charge >= 0.3 is 11.9 Å². The van der Waals surface area contributed by atoms with Gasteiger partial charge in [-0.1, -0.05) is 45.1 Å². The second-order valence-electron chi connectivity index (χ2n) is 11.7. The maximum atomic E-state index is 12.6. The molecule has 0 aromatic carbocycles. The molecule has 222 valence electrons. The molecule has 9 heteroatoms. The Labute approximate surface area is 232 Å². The topological polar surface area (TPSA) is 146 Å². The van der Waals surface area contributed by atoms with Gasteiger partial charge in [-0.25, -0.2) is 0 Å². The molecule has 2 aliphatic heterocycles. The van der Waals surface area contributed by atoms with E-state index in [2.05, 4.69) is 0 Å². The predicted octanol–water partition coefficient (Wildman–Crippen LogP) is 3.14. The molecule has 0 radical (unpaired) electrons. The number of epoxide rings is 1. The van der Waals surface area contributed by atoms with E-state index in [1.165, 1.54) is 13.8 Å². The third-order valence-electron chi connectivity index (χ3n) is 7.66. The fourth-order valence-electron chi connectivity index (χ4n) is 4.98. The van der Waals surface area contributed by atoms with Gasteiger partial charge in [-0.05, 0) is 51.7 Å². The molecule has 0 spiro atoms. The first kappa shape index (κ1) is 33.2. The minimum absolute atomic E-state index is 0.00472. The Kier molecular flexibility index (Phi) is 11.9. The van der Waals surface area contributed by atoms with Gasteiger partial charge < -0.3 is 34.6 Å². The Balaban J connectivity index is 2.18. The molecule has 9 nitrogen and oxygen atoms in total. The molecule has 10 atom stereocenters. The minimum atomic E-state index is -1.43. The highest BCUT2D eigenvalue weighted by Gasteiger charge is 2.47. The van der Waals surface area contributed by atoms with Crippen molar-refractivity contribution in [2.75, 3.05) is 0 Å². The van der Waals surface area contributed by atoms with Crippen molar-refractivity contribution < 1.29 is 44.2 Å². The lowest BCUT2D eigenvalue weighted by Gasteiger charge is -2.32. The summed E-state index contributed by atoms with van der Waals surface area (Å²) in [6.45, 7) is 12.0. The lowest BCUT2D eigenvalue weighted by molar-refractivity contribution is -0.157. The van der Waals surface area contributed by atoms with E-state index in [9.17, 15) is 30.0 Å². The van der Waals surface area contributed by atoms with Crippen LogP contribution in [0.2, 0.25) is 0 Å². The van der Waals surface area contributed by atoms with Gasteiger partial charge in [0.25, 0.3) is 0 Å². The molecule has 2 aliphatic rings. The molecule has 2 heterocycles. The number of carbonyl (C=O) groups excluding carboxylic acids is 2. The van der Waals surface area contributed by atoms with Crippen molar-refractivity contribution in [1.29, 1.82) is 0 Å². The standard InChI is InChI=1S/C30H48O9/c1-8-23(33)20(4)28-24(38-28)17-29(6,35)14-9-10-18(2)27-19(3)11-12-25(37-21(5)31)30(7,36)15-13-22(32)16-26(34)39-27/h9-12,14,19-20,22-25,27-28,32-33,35-36H,8,13,15-17H2,1-7H3/b12-11?,14-9+,18-10+/t19?,20-,22?,23+,24+,25?,27?,28+,29+,30?/m1/s1. The zero-order valence-electron chi connectivity index (χ0n) is 24.4. The van der Waals surface area contributed by atoms with Gasteiger partial charge in [-0.2, -0.15) is 0 Å². The summed E-state index contributed by atoms with van der Waals surface area (Å²) in [5.74, 6) is -1.46. The molecule has 0 amide bonds. The van der Waals surface area contributed by atoms with Crippen molar-refractivity contribution in [1.82, 2.24) is 0 Å². The van der Waals surface area contributed by atoms with Crippen molar-refractivity contribution in [3.8, 4) is 0 Å². The average Bonchev–Trinajstić information content (AvgIpc) is 3.59. The van der Waals surface area contributed by atoms with E-state index in [4.69, 9.17) is 14.2 Å². The smallest absolute Gasteiger partial charge is 0.309 e. The lowest BCUT2D eigenvalue weighted by Crippen LogP contribution is -2.42. The fraction of sp³-hybridized carbons (Fsp3) is 0.733. The Bertz CT molecular complexity index is 919. The van der Waals surface area contributed by atoms with E-state index in [1.807, 2.05) is 20.8 Å². The van der Waals surface area contributed by atoms with Crippen molar-refractivity contribution >= 4 is 11.9 Å². The molecule has 39 heavy (non-hydrogen) atoms. The van der Waals surface area contributed by atoms with Crippen LogP contribution in [0.15, 0.2) is 36.0 Å². The number of carbonyl (C=O) groups is 2. The van der Waals surface area contributed by atoms with Crippen LogP contribution in [0.3, 0.4) is 0 Å². The maximum Gasteiger partial charge on any atom is 0.309 e. The number of hydrogen-bond donors (Lipinski definition) is 4. The van der Waals surface area contributed by atoms with Crippen LogP contribution in [-0.2, 0) is 23.8 Å². The molecule has 0 aromatic heterocycles.